The third-order valence-corrected chi connectivity index (χ3v) is 2.89. The molecule has 0 aromatic carbocycles. The van der Waals surface area contributed by atoms with Crippen LogP contribution in [0.15, 0.2) is 0 Å². The summed E-state index contributed by atoms with van der Waals surface area (Å²) in [7, 11) is 0. The summed E-state index contributed by atoms with van der Waals surface area (Å²) in [6, 6.07) is 0. The summed E-state index contributed by atoms with van der Waals surface area (Å²) in [4.78, 5) is 10.4. The second-order valence-corrected chi connectivity index (χ2v) is 3.98. The van der Waals surface area contributed by atoms with Gasteiger partial charge in [0.25, 0.3) is 0 Å². The van der Waals surface area contributed by atoms with E-state index in [1.165, 1.54) is 12.8 Å². The number of rotatable bonds is 4. The molecule has 0 unspecified atom stereocenters. The molecule has 1 fully saturated rings. The van der Waals surface area contributed by atoms with Crippen molar-refractivity contribution >= 4 is 5.97 Å². The first-order chi connectivity index (χ1) is 6.68. The van der Waals surface area contributed by atoms with E-state index in [2.05, 4.69) is 0 Å². The van der Waals surface area contributed by atoms with Gasteiger partial charge >= 0.3 is 5.97 Å². The van der Waals surface area contributed by atoms with Gasteiger partial charge in [-0.15, -0.1) is 0 Å². The van der Waals surface area contributed by atoms with Crippen molar-refractivity contribution in [2.45, 2.75) is 44.1 Å². The third kappa shape index (κ3) is 3.27. The minimum absolute atomic E-state index is 0.225. The molecule has 4 nitrogen and oxygen atoms in total. The van der Waals surface area contributed by atoms with Crippen molar-refractivity contribution in [3.8, 4) is 0 Å². The number of hydrogen-bond donors (Lipinski definition) is 2. The molecule has 1 saturated carbocycles. The molecule has 0 amide bonds. The minimum atomic E-state index is -0.915. The fraction of sp³-hybridized carbons (Fsp3) is 0.900. The molecule has 0 heterocycles. The second-order valence-electron chi connectivity index (χ2n) is 3.98. The normalized spacial score (nSPS) is 21.5. The first-order valence-electron chi connectivity index (χ1n) is 5.24. The molecule has 82 valence electrons. The highest BCUT2D eigenvalue weighted by Gasteiger charge is 2.30. The standard InChI is InChI=1S/C10H19NO3/c11-8-10(14-7-9(12)13)5-3-1-2-4-6-10/h1-8,11H2,(H,12,13). The molecule has 1 aliphatic carbocycles. The van der Waals surface area contributed by atoms with Crippen LogP contribution in [0.2, 0.25) is 0 Å². The Kier molecular flexibility index (Phi) is 4.35. The Labute approximate surface area is 84.4 Å². The van der Waals surface area contributed by atoms with Crippen LogP contribution < -0.4 is 5.73 Å². The zero-order valence-corrected chi connectivity index (χ0v) is 8.50. The van der Waals surface area contributed by atoms with Crippen LogP contribution in [-0.2, 0) is 9.53 Å². The van der Waals surface area contributed by atoms with Gasteiger partial charge < -0.3 is 15.6 Å². The largest absolute Gasteiger partial charge is 0.480 e. The summed E-state index contributed by atoms with van der Waals surface area (Å²) in [6.45, 7) is 0.206. The predicted molar refractivity (Wildman–Crippen MR) is 53.1 cm³/mol. The van der Waals surface area contributed by atoms with Gasteiger partial charge in [0.2, 0.25) is 0 Å². The lowest BCUT2D eigenvalue weighted by molar-refractivity contribution is -0.150. The van der Waals surface area contributed by atoms with E-state index >= 15 is 0 Å². The first-order valence-corrected chi connectivity index (χ1v) is 5.24. The zero-order chi connectivity index (χ0) is 10.4. The van der Waals surface area contributed by atoms with Gasteiger partial charge in [-0.2, -0.15) is 0 Å². The van der Waals surface area contributed by atoms with Crippen molar-refractivity contribution in [3.63, 3.8) is 0 Å². The molecule has 0 bridgehead atoms. The maximum absolute atomic E-state index is 10.4. The van der Waals surface area contributed by atoms with E-state index in [-0.39, 0.29) is 12.2 Å². The molecule has 1 aliphatic rings. The molecule has 0 aliphatic heterocycles. The predicted octanol–water partition coefficient (Wildman–Crippen LogP) is 1.14. The number of hydrogen-bond acceptors (Lipinski definition) is 3. The van der Waals surface area contributed by atoms with Crippen LogP contribution in [0.1, 0.15) is 38.5 Å². The average Bonchev–Trinajstić information content (AvgIpc) is 2.41. The summed E-state index contributed by atoms with van der Waals surface area (Å²) in [5.41, 5.74) is 5.31. The number of aliphatic carboxylic acids is 1. The molecule has 0 aromatic rings. The third-order valence-electron chi connectivity index (χ3n) is 2.89. The molecule has 0 atom stereocenters. The highest BCUT2D eigenvalue weighted by Crippen LogP contribution is 2.29. The molecular formula is C10H19NO3. The molecule has 14 heavy (non-hydrogen) atoms. The lowest BCUT2D eigenvalue weighted by Gasteiger charge is -2.30. The van der Waals surface area contributed by atoms with Crippen molar-refractivity contribution in [2.75, 3.05) is 13.2 Å². The van der Waals surface area contributed by atoms with E-state index in [9.17, 15) is 4.79 Å². The van der Waals surface area contributed by atoms with E-state index in [0.29, 0.717) is 6.54 Å². The van der Waals surface area contributed by atoms with E-state index in [0.717, 1.165) is 25.7 Å². The Hall–Kier alpha value is -0.610. The smallest absolute Gasteiger partial charge is 0.329 e. The van der Waals surface area contributed by atoms with Crippen LogP contribution in [0.4, 0.5) is 0 Å². The maximum atomic E-state index is 10.4. The minimum Gasteiger partial charge on any atom is -0.480 e. The van der Waals surface area contributed by atoms with Crippen LogP contribution in [-0.4, -0.2) is 29.8 Å². The molecule has 0 aromatic heterocycles. The molecule has 0 spiro atoms. The fourth-order valence-corrected chi connectivity index (χ4v) is 2.00. The van der Waals surface area contributed by atoms with Gasteiger partial charge in [0, 0.05) is 6.54 Å². The molecule has 4 heteroatoms. The summed E-state index contributed by atoms with van der Waals surface area (Å²) in [5, 5.41) is 8.56. The summed E-state index contributed by atoms with van der Waals surface area (Å²) < 4.78 is 5.44. The number of carboxylic acid groups (broad SMARTS) is 1. The van der Waals surface area contributed by atoms with Crippen LogP contribution in [0, 0.1) is 0 Å². The molecular weight excluding hydrogens is 182 g/mol. The van der Waals surface area contributed by atoms with Crippen LogP contribution in [0.3, 0.4) is 0 Å². The van der Waals surface area contributed by atoms with Gasteiger partial charge in [0.1, 0.15) is 6.61 Å². The van der Waals surface area contributed by atoms with Gasteiger partial charge in [-0.25, -0.2) is 4.79 Å². The van der Waals surface area contributed by atoms with Crippen molar-refractivity contribution in [1.82, 2.24) is 0 Å². The van der Waals surface area contributed by atoms with E-state index in [4.69, 9.17) is 15.6 Å². The summed E-state index contributed by atoms with van der Waals surface area (Å²) in [5.74, 6) is -0.915. The number of carboxylic acids is 1. The van der Waals surface area contributed by atoms with E-state index in [1.54, 1.807) is 0 Å². The number of carbonyl (C=O) groups is 1. The Balaban J connectivity index is 2.49. The van der Waals surface area contributed by atoms with Gasteiger partial charge in [-0.05, 0) is 12.8 Å². The van der Waals surface area contributed by atoms with E-state index < -0.39 is 5.97 Å². The molecule has 0 radical (unpaired) electrons. The maximum Gasteiger partial charge on any atom is 0.329 e. The lowest BCUT2D eigenvalue weighted by Crippen LogP contribution is -2.41. The monoisotopic (exact) mass is 201 g/mol. The number of nitrogens with two attached hydrogens (primary N) is 1. The zero-order valence-electron chi connectivity index (χ0n) is 8.50. The Morgan fingerprint density at radius 2 is 1.86 bits per heavy atom. The SMILES string of the molecule is NCC1(OCC(=O)O)CCCCCC1. The van der Waals surface area contributed by atoms with Crippen LogP contribution >= 0.6 is 0 Å². The lowest BCUT2D eigenvalue weighted by atomic mass is 9.94. The van der Waals surface area contributed by atoms with E-state index in [1.807, 2.05) is 0 Å². The van der Waals surface area contributed by atoms with Crippen molar-refractivity contribution in [1.29, 1.82) is 0 Å². The quantitative estimate of drug-likeness (QED) is 0.669. The average molecular weight is 201 g/mol. The van der Waals surface area contributed by atoms with Gasteiger partial charge in [-0.1, -0.05) is 25.7 Å². The van der Waals surface area contributed by atoms with Crippen LogP contribution in [0.5, 0.6) is 0 Å². The highest BCUT2D eigenvalue weighted by atomic mass is 16.5. The van der Waals surface area contributed by atoms with Crippen molar-refractivity contribution < 1.29 is 14.6 Å². The van der Waals surface area contributed by atoms with Gasteiger partial charge in [0.15, 0.2) is 0 Å². The van der Waals surface area contributed by atoms with Gasteiger partial charge in [0.05, 0.1) is 5.60 Å². The Bertz CT molecular complexity index is 186. The van der Waals surface area contributed by atoms with Gasteiger partial charge in [-0.3, -0.25) is 0 Å². The Morgan fingerprint density at radius 1 is 1.29 bits per heavy atom. The molecule has 0 saturated heterocycles. The first kappa shape index (κ1) is 11.5. The molecule has 1 rings (SSSR count). The van der Waals surface area contributed by atoms with Crippen molar-refractivity contribution in [2.24, 2.45) is 5.73 Å². The second kappa shape index (κ2) is 5.32. The summed E-state index contributed by atoms with van der Waals surface area (Å²) in [6.07, 6.45) is 6.40. The van der Waals surface area contributed by atoms with Crippen molar-refractivity contribution in [3.05, 3.63) is 0 Å². The number of ether oxygens (including phenoxy) is 1. The van der Waals surface area contributed by atoms with Crippen LogP contribution in [0.25, 0.3) is 0 Å². The fourth-order valence-electron chi connectivity index (χ4n) is 2.00. The topological polar surface area (TPSA) is 72.5 Å². The molecule has 3 N–H and O–H groups in total. The highest BCUT2D eigenvalue weighted by molar-refractivity contribution is 5.68. The Morgan fingerprint density at radius 3 is 2.29 bits per heavy atom. The summed E-state index contributed by atoms with van der Waals surface area (Å²) >= 11 is 0.